The first-order valence-electron chi connectivity index (χ1n) is 41.9. The smallest absolute Gasteiger partial charge is 0.462 e. The van der Waals surface area contributed by atoms with Crippen molar-refractivity contribution in [3.63, 3.8) is 0 Å². The average molecular weight is 1480 g/mol. The molecule has 0 radical (unpaired) electrons. The van der Waals surface area contributed by atoms with Gasteiger partial charge in [0.25, 0.3) is 0 Å². The van der Waals surface area contributed by atoms with Crippen molar-refractivity contribution >= 4 is 39.5 Å². The minimum Gasteiger partial charge on any atom is -0.462 e. The van der Waals surface area contributed by atoms with Gasteiger partial charge in [-0.15, -0.1) is 0 Å². The van der Waals surface area contributed by atoms with Crippen LogP contribution in [0.3, 0.4) is 0 Å². The molecule has 0 aromatic heterocycles. The number of carbonyl (C=O) groups is 4. The van der Waals surface area contributed by atoms with E-state index in [1.165, 1.54) is 212 Å². The standard InChI is InChI=1S/C82H156O17P2/c1-7-11-13-15-17-19-21-23-25-27-31-35-39-46-52-58-64-79(84)92-70-77(98-81(86)67-61-55-49-41-37-33-29-28-30-34-38-44-50-56-62-74(5)9-3)72-96-100(88,89)94-68-76(83)69-95-101(90,91)97-73-78(71-93-80(85)65-59-53-47-43-42-45-51-57-63-75(6)10-4)99-82(87)66-60-54-48-40-36-32-26-24-22-20-18-16-14-12-8-2/h20,22,24,26,74-78,83H,7-19,21,23,25,27-73H2,1-6H3,(H,88,89)(H,90,91)/b22-20-,26-24-/t74?,75?,76-,77-,78-/m1/s1. The van der Waals surface area contributed by atoms with Crippen molar-refractivity contribution in [1.82, 2.24) is 0 Å². The molecule has 0 aromatic carbocycles. The molecule has 0 spiro atoms. The predicted octanol–water partition coefficient (Wildman–Crippen LogP) is 24.2. The number of hydrogen-bond acceptors (Lipinski definition) is 15. The Labute approximate surface area is 618 Å². The first-order valence-corrected chi connectivity index (χ1v) is 44.9. The molecule has 0 aliphatic carbocycles. The van der Waals surface area contributed by atoms with E-state index in [0.717, 1.165) is 115 Å². The number of phosphoric ester groups is 2. The summed E-state index contributed by atoms with van der Waals surface area (Å²) in [5.74, 6) is -0.518. The van der Waals surface area contributed by atoms with Crippen molar-refractivity contribution in [2.45, 2.75) is 426 Å². The third-order valence-corrected chi connectivity index (χ3v) is 21.2. The number of esters is 4. The van der Waals surface area contributed by atoms with Crippen molar-refractivity contribution in [3.8, 4) is 0 Å². The number of phosphoric acid groups is 2. The van der Waals surface area contributed by atoms with Crippen molar-refractivity contribution in [2.75, 3.05) is 39.6 Å². The maximum atomic E-state index is 13.1. The van der Waals surface area contributed by atoms with Crippen molar-refractivity contribution in [3.05, 3.63) is 24.3 Å². The molecule has 0 saturated heterocycles. The average Bonchev–Trinajstić information content (AvgIpc) is 0.925. The maximum Gasteiger partial charge on any atom is 0.472 e. The lowest BCUT2D eigenvalue weighted by atomic mass is 9.99. The lowest BCUT2D eigenvalue weighted by Gasteiger charge is -2.21. The third kappa shape index (κ3) is 72.9. The molecule has 3 N–H and O–H groups in total. The number of carbonyl (C=O) groups excluding carboxylic acids is 4. The Morgan fingerprint density at radius 2 is 0.554 bits per heavy atom. The molecule has 101 heavy (non-hydrogen) atoms. The van der Waals surface area contributed by atoms with Gasteiger partial charge in [0, 0.05) is 25.7 Å². The van der Waals surface area contributed by atoms with E-state index in [9.17, 15) is 43.2 Å². The summed E-state index contributed by atoms with van der Waals surface area (Å²) >= 11 is 0. The topological polar surface area (TPSA) is 237 Å². The van der Waals surface area contributed by atoms with Gasteiger partial charge in [0.05, 0.1) is 26.4 Å². The maximum absolute atomic E-state index is 13.1. The fraction of sp³-hybridized carbons (Fsp3) is 0.902. The summed E-state index contributed by atoms with van der Waals surface area (Å²) in [5.41, 5.74) is 0. The number of aliphatic hydroxyl groups is 1. The summed E-state index contributed by atoms with van der Waals surface area (Å²) in [5, 5.41) is 10.6. The van der Waals surface area contributed by atoms with E-state index in [2.05, 4.69) is 65.8 Å². The summed E-state index contributed by atoms with van der Waals surface area (Å²) in [7, 11) is -9.94. The second-order valence-corrected chi connectivity index (χ2v) is 32.2. The van der Waals surface area contributed by atoms with Crippen molar-refractivity contribution < 1.29 is 80.2 Å². The van der Waals surface area contributed by atoms with Gasteiger partial charge in [-0.2, -0.15) is 0 Å². The Balaban J connectivity index is 5.30. The second-order valence-electron chi connectivity index (χ2n) is 29.3. The summed E-state index contributed by atoms with van der Waals surface area (Å²) in [6.07, 6.45) is 65.8. The van der Waals surface area contributed by atoms with E-state index < -0.39 is 97.5 Å². The predicted molar refractivity (Wildman–Crippen MR) is 414 cm³/mol. The van der Waals surface area contributed by atoms with Crippen molar-refractivity contribution in [2.24, 2.45) is 11.8 Å². The number of ether oxygens (including phenoxy) is 4. The van der Waals surface area contributed by atoms with Crippen LogP contribution < -0.4 is 0 Å². The minimum absolute atomic E-state index is 0.0848. The Bertz CT molecular complexity index is 2040. The first kappa shape index (κ1) is 98.5. The Morgan fingerprint density at radius 1 is 0.317 bits per heavy atom. The highest BCUT2D eigenvalue weighted by Crippen LogP contribution is 2.45. The van der Waals surface area contributed by atoms with Gasteiger partial charge in [0.1, 0.15) is 19.3 Å². The van der Waals surface area contributed by atoms with Crippen LogP contribution in [-0.2, 0) is 65.4 Å². The molecule has 0 saturated carbocycles. The van der Waals surface area contributed by atoms with Gasteiger partial charge in [0.2, 0.25) is 0 Å². The van der Waals surface area contributed by atoms with Gasteiger partial charge in [-0.3, -0.25) is 37.3 Å². The third-order valence-electron chi connectivity index (χ3n) is 19.3. The zero-order valence-corrected chi connectivity index (χ0v) is 67.5. The van der Waals surface area contributed by atoms with Crippen LogP contribution in [0.25, 0.3) is 0 Å². The Morgan fingerprint density at radius 3 is 0.842 bits per heavy atom. The van der Waals surface area contributed by atoms with E-state index in [0.29, 0.717) is 25.7 Å². The molecule has 7 atom stereocenters. The highest BCUT2D eigenvalue weighted by Gasteiger charge is 2.30. The molecule has 4 unspecified atom stereocenters. The molecular weight excluding hydrogens is 1320 g/mol. The van der Waals surface area contributed by atoms with Gasteiger partial charge in [-0.05, 0) is 63.2 Å². The van der Waals surface area contributed by atoms with E-state index in [1.807, 2.05) is 0 Å². The van der Waals surface area contributed by atoms with Crippen LogP contribution in [0.5, 0.6) is 0 Å². The van der Waals surface area contributed by atoms with E-state index in [4.69, 9.17) is 37.0 Å². The van der Waals surface area contributed by atoms with E-state index in [1.54, 1.807) is 0 Å². The quantitative estimate of drug-likeness (QED) is 0.0169. The Hall–Kier alpha value is -2.46. The largest absolute Gasteiger partial charge is 0.472 e. The van der Waals surface area contributed by atoms with Crippen molar-refractivity contribution in [1.29, 1.82) is 0 Å². The van der Waals surface area contributed by atoms with Crippen LogP contribution in [0.2, 0.25) is 0 Å². The SMILES string of the molecule is CCCCCC/C=C\C=C/CCCCCCCC(=O)O[C@H](COC(=O)CCCCCCCCCCC(C)CC)COP(=O)(O)OC[C@H](O)COP(=O)(O)OC[C@@H](COC(=O)CCCCCCCCCCCCCCCCCC)OC(=O)CCCCCCCCCCCCCCCCC(C)CC. The second kappa shape index (κ2) is 73.1. The molecule has 0 amide bonds. The molecule has 17 nitrogen and oxygen atoms in total. The molecule has 0 fully saturated rings. The van der Waals surface area contributed by atoms with Gasteiger partial charge >= 0.3 is 39.5 Å². The number of hydrogen-bond donors (Lipinski definition) is 3. The Kier molecular flexibility index (Phi) is 71.3. The fourth-order valence-electron chi connectivity index (χ4n) is 12.1. The summed E-state index contributed by atoms with van der Waals surface area (Å²) in [6, 6.07) is 0. The highest BCUT2D eigenvalue weighted by atomic mass is 31.2. The molecule has 0 rings (SSSR count). The minimum atomic E-state index is -4.97. The summed E-state index contributed by atoms with van der Waals surface area (Å²) < 4.78 is 68.7. The molecule has 0 bridgehead atoms. The van der Waals surface area contributed by atoms with Crippen LogP contribution >= 0.6 is 15.6 Å². The van der Waals surface area contributed by atoms with E-state index >= 15 is 0 Å². The highest BCUT2D eigenvalue weighted by molar-refractivity contribution is 7.47. The van der Waals surface area contributed by atoms with Crippen LogP contribution in [0, 0.1) is 11.8 Å². The van der Waals surface area contributed by atoms with Gasteiger partial charge in [-0.1, -0.05) is 355 Å². The monoisotopic (exact) mass is 1480 g/mol. The fourth-order valence-corrected chi connectivity index (χ4v) is 13.7. The molecule has 0 aliphatic rings. The molecule has 596 valence electrons. The number of rotatable bonds is 79. The van der Waals surface area contributed by atoms with E-state index in [-0.39, 0.29) is 25.7 Å². The van der Waals surface area contributed by atoms with Gasteiger partial charge < -0.3 is 33.8 Å². The van der Waals surface area contributed by atoms with Crippen LogP contribution in [0.4, 0.5) is 0 Å². The molecular formula is C82H156O17P2. The van der Waals surface area contributed by atoms with Crippen LogP contribution in [-0.4, -0.2) is 96.7 Å². The summed E-state index contributed by atoms with van der Waals surface area (Å²) in [4.78, 5) is 73.1. The number of unbranched alkanes of at least 4 members (excludes halogenated alkanes) is 44. The molecule has 0 heterocycles. The van der Waals surface area contributed by atoms with Gasteiger partial charge in [-0.25, -0.2) is 9.13 Å². The van der Waals surface area contributed by atoms with Gasteiger partial charge in [0.15, 0.2) is 12.2 Å². The number of aliphatic hydroxyl groups excluding tert-OH is 1. The first-order chi connectivity index (χ1) is 48.9. The zero-order valence-electron chi connectivity index (χ0n) is 65.7. The van der Waals surface area contributed by atoms with Crippen LogP contribution in [0.15, 0.2) is 24.3 Å². The molecule has 0 aromatic rings. The summed E-state index contributed by atoms with van der Waals surface area (Å²) in [6.45, 7) is 9.63. The zero-order chi connectivity index (χ0) is 74.2. The normalized spacial score (nSPS) is 14.6. The molecule has 0 aliphatic heterocycles. The molecule has 19 heteroatoms. The van der Waals surface area contributed by atoms with Crippen LogP contribution in [0.1, 0.15) is 408 Å². The number of allylic oxidation sites excluding steroid dienone is 4. The lowest BCUT2D eigenvalue weighted by Crippen LogP contribution is -2.30. The lowest BCUT2D eigenvalue weighted by molar-refractivity contribution is -0.161.